The number of ketones is 1. The Morgan fingerprint density at radius 2 is 1.88 bits per heavy atom. The fourth-order valence-corrected chi connectivity index (χ4v) is 4.65. The number of hydrogen-bond acceptors (Lipinski definition) is 6. The molecule has 4 rings (SSSR count). The van der Waals surface area contributed by atoms with Crippen LogP contribution < -0.4 is 16.6 Å². The van der Waals surface area contributed by atoms with Crippen LogP contribution in [0.25, 0.3) is 10.9 Å². The molecule has 3 aromatic heterocycles. The van der Waals surface area contributed by atoms with Crippen molar-refractivity contribution in [2.24, 2.45) is 0 Å². The highest BCUT2D eigenvalue weighted by atomic mass is 35.5. The first-order valence-corrected chi connectivity index (χ1v) is 11.9. The predicted molar refractivity (Wildman–Crippen MR) is 131 cm³/mol. The van der Waals surface area contributed by atoms with Gasteiger partial charge in [-0.1, -0.05) is 23.2 Å². The molecule has 0 fully saturated rings. The fraction of sp³-hybridized carbons (Fsp3) is 0.217. The number of aromatic nitrogens is 2. The largest absolute Gasteiger partial charge is 0.467 e. The zero-order valence-electron chi connectivity index (χ0n) is 17.8. The van der Waals surface area contributed by atoms with Gasteiger partial charge in [0.05, 0.1) is 39.5 Å². The first-order chi connectivity index (χ1) is 16.3. The van der Waals surface area contributed by atoms with Gasteiger partial charge in [-0.05, 0) is 48.9 Å². The van der Waals surface area contributed by atoms with Crippen molar-refractivity contribution in [2.45, 2.75) is 32.5 Å². The first kappa shape index (κ1) is 24.0. The maximum absolute atomic E-state index is 13.2. The molecule has 1 aromatic carbocycles. The van der Waals surface area contributed by atoms with Gasteiger partial charge in [-0.3, -0.25) is 23.5 Å². The van der Waals surface area contributed by atoms with Crippen molar-refractivity contribution in [1.29, 1.82) is 0 Å². The Kier molecular flexibility index (Phi) is 7.35. The highest BCUT2D eigenvalue weighted by Gasteiger charge is 2.18. The molecule has 0 aliphatic heterocycles. The van der Waals surface area contributed by atoms with Crippen LogP contribution in [0.3, 0.4) is 0 Å². The van der Waals surface area contributed by atoms with Crippen LogP contribution >= 0.6 is 34.5 Å². The summed E-state index contributed by atoms with van der Waals surface area (Å²) in [5, 5.41) is 3.31. The average molecular weight is 520 g/mol. The molecule has 4 aromatic rings. The van der Waals surface area contributed by atoms with Crippen molar-refractivity contribution in [1.82, 2.24) is 14.5 Å². The molecule has 34 heavy (non-hydrogen) atoms. The van der Waals surface area contributed by atoms with E-state index in [1.165, 1.54) is 23.0 Å². The van der Waals surface area contributed by atoms with E-state index in [-0.39, 0.29) is 55.1 Å². The summed E-state index contributed by atoms with van der Waals surface area (Å²) in [5.41, 5.74) is -0.881. The Morgan fingerprint density at radius 1 is 1.06 bits per heavy atom. The van der Waals surface area contributed by atoms with Crippen molar-refractivity contribution in [2.75, 3.05) is 0 Å². The van der Waals surface area contributed by atoms with E-state index in [9.17, 15) is 19.2 Å². The highest BCUT2D eigenvalue weighted by molar-refractivity contribution is 7.18. The number of fused-ring (bicyclic) bond motifs is 1. The Bertz CT molecular complexity index is 1470. The summed E-state index contributed by atoms with van der Waals surface area (Å²) in [7, 11) is 0. The summed E-state index contributed by atoms with van der Waals surface area (Å²) in [4.78, 5) is 51.6. The van der Waals surface area contributed by atoms with Gasteiger partial charge in [-0.15, -0.1) is 11.3 Å². The molecule has 0 saturated carbocycles. The van der Waals surface area contributed by atoms with Crippen LogP contribution in [0.4, 0.5) is 0 Å². The molecule has 0 radical (unpaired) electrons. The Labute approximate surface area is 207 Å². The van der Waals surface area contributed by atoms with Gasteiger partial charge >= 0.3 is 5.69 Å². The van der Waals surface area contributed by atoms with Crippen LogP contribution in [-0.4, -0.2) is 20.8 Å². The van der Waals surface area contributed by atoms with Crippen molar-refractivity contribution in [3.63, 3.8) is 0 Å². The molecule has 0 saturated heterocycles. The average Bonchev–Trinajstić information content (AvgIpc) is 3.49. The number of nitrogens with one attached hydrogen (secondary N) is 1. The van der Waals surface area contributed by atoms with E-state index >= 15 is 0 Å². The number of halogens is 2. The number of nitrogens with zero attached hydrogens (tertiary/aromatic N) is 2. The summed E-state index contributed by atoms with van der Waals surface area (Å²) in [6.07, 6.45) is 1.88. The summed E-state index contributed by atoms with van der Waals surface area (Å²) in [6.45, 7) is -0.00989. The maximum atomic E-state index is 13.2. The van der Waals surface area contributed by atoms with Crippen LogP contribution in [-0.2, 0) is 24.4 Å². The van der Waals surface area contributed by atoms with Gasteiger partial charge in [0.1, 0.15) is 5.76 Å². The number of furan rings is 1. The summed E-state index contributed by atoms with van der Waals surface area (Å²) in [5.74, 6) is 0.0715. The lowest BCUT2D eigenvalue weighted by molar-refractivity contribution is -0.121. The molecule has 0 aliphatic rings. The van der Waals surface area contributed by atoms with Crippen molar-refractivity contribution in [3.05, 3.63) is 89.6 Å². The number of thiophene rings is 1. The van der Waals surface area contributed by atoms with E-state index in [1.807, 2.05) is 0 Å². The van der Waals surface area contributed by atoms with Crippen LogP contribution in [0.2, 0.25) is 9.36 Å². The third-order valence-electron chi connectivity index (χ3n) is 5.16. The monoisotopic (exact) mass is 519 g/mol. The second kappa shape index (κ2) is 10.4. The molecular formula is C23H19Cl2N3O5S. The van der Waals surface area contributed by atoms with Crippen LogP contribution in [0.15, 0.2) is 62.7 Å². The molecule has 0 bridgehead atoms. The third kappa shape index (κ3) is 5.32. The molecule has 11 heteroatoms. The van der Waals surface area contributed by atoms with Crippen LogP contribution in [0.1, 0.15) is 28.3 Å². The smallest absolute Gasteiger partial charge is 0.331 e. The van der Waals surface area contributed by atoms with E-state index in [0.717, 1.165) is 15.9 Å². The molecule has 8 nitrogen and oxygen atoms in total. The second-order valence-corrected chi connectivity index (χ2v) is 9.63. The van der Waals surface area contributed by atoms with E-state index in [2.05, 4.69) is 5.32 Å². The molecule has 1 N–H and O–H groups in total. The van der Waals surface area contributed by atoms with Crippen molar-refractivity contribution < 1.29 is 14.0 Å². The minimum absolute atomic E-state index is 0.0173. The Hall–Kier alpha value is -3.14. The van der Waals surface area contributed by atoms with Gasteiger partial charge in [0.2, 0.25) is 5.91 Å². The number of carbonyl (C=O) groups is 2. The summed E-state index contributed by atoms with van der Waals surface area (Å²) < 4.78 is 7.90. The molecule has 1 amide bonds. The zero-order chi connectivity index (χ0) is 24.2. The number of hydrogen-bond donors (Lipinski definition) is 1. The van der Waals surface area contributed by atoms with E-state index in [1.54, 1.807) is 30.3 Å². The Morgan fingerprint density at radius 3 is 2.59 bits per heavy atom. The standard InChI is InChI=1S/C23H19Cl2N3O5S/c24-14-5-6-16-17(11-14)28(13-18(29)19-7-8-20(25)34-19)23(32)27(22(16)31)9-1-4-21(30)26-12-15-3-2-10-33-15/h2-3,5-8,10-11H,1,4,9,12-13H2,(H,26,30). The lowest BCUT2D eigenvalue weighted by Crippen LogP contribution is -2.41. The number of benzene rings is 1. The fourth-order valence-electron chi connectivity index (χ4n) is 3.51. The number of carbonyl (C=O) groups excluding carboxylic acids is 2. The van der Waals surface area contributed by atoms with Crippen LogP contribution in [0, 0.1) is 0 Å². The predicted octanol–water partition coefficient (Wildman–Crippen LogP) is 4.10. The summed E-state index contributed by atoms with van der Waals surface area (Å²) in [6, 6.07) is 11.2. The van der Waals surface area contributed by atoms with Gasteiger partial charge in [0.25, 0.3) is 5.56 Å². The molecule has 0 atom stereocenters. The Balaban J connectivity index is 1.57. The second-order valence-electron chi connectivity index (χ2n) is 7.47. The lowest BCUT2D eigenvalue weighted by Gasteiger charge is -2.14. The quantitative estimate of drug-likeness (QED) is 0.335. The number of rotatable bonds is 9. The van der Waals surface area contributed by atoms with Gasteiger partial charge in [0, 0.05) is 18.0 Å². The normalized spacial score (nSPS) is 11.1. The SMILES string of the molecule is O=C(CCCn1c(=O)c2ccc(Cl)cc2n(CC(=O)c2ccc(Cl)s2)c1=O)NCc1ccco1. The molecule has 0 aliphatic carbocycles. The van der Waals surface area contributed by atoms with Crippen molar-refractivity contribution in [3.8, 4) is 0 Å². The molecule has 0 unspecified atom stereocenters. The topological polar surface area (TPSA) is 103 Å². The van der Waals surface area contributed by atoms with Gasteiger partial charge in [-0.2, -0.15) is 0 Å². The third-order valence-corrected chi connectivity index (χ3v) is 6.67. The van der Waals surface area contributed by atoms with Crippen LogP contribution in [0.5, 0.6) is 0 Å². The van der Waals surface area contributed by atoms with Gasteiger partial charge < -0.3 is 9.73 Å². The maximum Gasteiger partial charge on any atom is 0.331 e. The molecule has 0 spiro atoms. The molecular weight excluding hydrogens is 501 g/mol. The molecule has 3 heterocycles. The summed E-state index contributed by atoms with van der Waals surface area (Å²) >= 11 is 13.1. The first-order valence-electron chi connectivity index (χ1n) is 10.3. The van der Waals surface area contributed by atoms with E-state index in [4.69, 9.17) is 27.6 Å². The van der Waals surface area contributed by atoms with E-state index in [0.29, 0.717) is 20.0 Å². The highest BCUT2D eigenvalue weighted by Crippen LogP contribution is 2.23. The number of Topliss-reactive ketones (excluding diaryl/α,β-unsaturated/α-hetero) is 1. The number of amides is 1. The van der Waals surface area contributed by atoms with Crippen molar-refractivity contribution >= 4 is 57.1 Å². The minimum Gasteiger partial charge on any atom is -0.467 e. The zero-order valence-corrected chi connectivity index (χ0v) is 20.1. The van der Waals surface area contributed by atoms with Gasteiger partial charge in [-0.25, -0.2) is 4.79 Å². The van der Waals surface area contributed by atoms with E-state index < -0.39 is 11.2 Å². The minimum atomic E-state index is -0.647. The van der Waals surface area contributed by atoms with Gasteiger partial charge in [0.15, 0.2) is 5.78 Å². The molecule has 176 valence electrons. The lowest BCUT2D eigenvalue weighted by atomic mass is 10.2.